The van der Waals surface area contributed by atoms with Gasteiger partial charge < -0.3 is 10.1 Å². The highest BCUT2D eigenvalue weighted by Crippen LogP contribution is 2.28. The summed E-state index contributed by atoms with van der Waals surface area (Å²) >= 11 is 3.44. The summed E-state index contributed by atoms with van der Waals surface area (Å²) in [4.78, 5) is 24.1. The third kappa shape index (κ3) is 4.93. The zero-order valence-corrected chi connectivity index (χ0v) is 15.3. The summed E-state index contributed by atoms with van der Waals surface area (Å²) in [5.74, 6) is 0.579. The van der Waals surface area contributed by atoms with Crippen LogP contribution in [0.25, 0.3) is 0 Å². The van der Waals surface area contributed by atoms with E-state index in [1.807, 2.05) is 43.3 Å². The Morgan fingerprint density at radius 3 is 2.46 bits per heavy atom. The zero-order chi connectivity index (χ0) is 17.5. The minimum absolute atomic E-state index is 0.0226. The van der Waals surface area contributed by atoms with E-state index in [9.17, 15) is 9.59 Å². The Labute approximate surface area is 150 Å². The van der Waals surface area contributed by atoms with Crippen LogP contribution in [-0.2, 0) is 4.79 Å². The van der Waals surface area contributed by atoms with Gasteiger partial charge in [-0.1, -0.05) is 36.4 Å². The lowest BCUT2D eigenvalue weighted by atomic mass is 10.1. The molecular formula is C19H20BrNO3. The summed E-state index contributed by atoms with van der Waals surface area (Å²) in [6, 6.07) is 14.5. The van der Waals surface area contributed by atoms with Crippen LogP contribution in [0.5, 0.6) is 5.75 Å². The lowest BCUT2D eigenvalue weighted by molar-refractivity contribution is -0.121. The molecule has 4 nitrogen and oxygen atoms in total. The van der Waals surface area contributed by atoms with Gasteiger partial charge in [-0.25, -0.2) is 0 Å². The molecule has 1 atom stereocenters. The minimum Gasteiger partial charge on any atom is -0.496 e. The van der Waals surface area contributed by atoms with Crippen LogP contribution < -0.4 is 10.1 Å². The molecule has 5 heteroatoms. The molecule has 0 spiro atoms. The second-order valence-electron chi connectivity index (χ2n) is 5.47. The van der Waals surface area contributed by atoms with Crippen LogP contribution in [0.1, 0.15) is 41.7 Å². The van der Waals surface area contributed by atoms with Crippen LogP contribution in [-0.4, -0.2) is 18.8 Å². The molecule has 0 heterocycles. The average molecular weight is 390 g/mol. The normalized spacial score (nSPS) is 11.6. The van der Waals surface area contributed by atoms with Gasteiger partial charge in [-0.05, 0) is 40.5 Å². The first-order valence-electron chi connectivity index (χ1n) is 7.72. The van der Waals surface area contributed by atoms with Gasteiger partial charge in [0.2, 0.25) is 5.91 Å². The van der Waals surface area contributed by atoms with Gasteiger partial charge >= 0.3 is 0 Å². The molecule has 126 valence electrons. The number of benzene rings is 2. The van der Waals surface area contributed by atoms with Gasteiger partial charge in [-0.3, -0.25) is 9.59 Å². The van der Waals surface area contributed by atoms with Crippen molar-refractivity contribution in [3.63, 3.8) is 0 Å². The molecule has 0 bridgehead atoms. The maximum absolute atomic E-state index is 12.1. The predicted molar refractivity (Wildman–Crippen MR) is 97.3 cm³/mol. The number of halogens is 1. The summed E-state index contributed by atoms with van der Waals surface area (Å²) < 4.78 is 6.03. The number of hydrogen-bond donors (Lipinski definition) is 1. The number of rotatable bonds is 7. The molecule has 24 heavy (non-hydrogen) atoms. The summed E-state index contributed by atoms with van der Waals surface area (Å²) in [6.45, 7) is 1.91. The van der Waals surface area contributed by atoms with Gasteiger partial charge in [-0.2, -0.15) is 0 Å². The molecule has 0 unspecified atom stereocenters. The second-order valence-corrected chi connectivity index (χ2v) is 6.33. The number of ether oxygens (including phenoxy) is 1. The fraction of sp³-hybridized carbons (Fsp3) is 0.263. The predicted octanol–water partition coefficient (Wildman–Crippen LogP) is 4.30. The Balaban J connectivity index is 1.87. The van der Waals surface area contributed by atoms with E-state index in [1.165, 1.54) is 0 Å². The van der Waals surface area contributed by atoms with Gasteiger partial charge in [0, 0.05) is 18.4 Å². The van der Waals surface area contributed by atoms with Crippen LogP contribution in [0, 0.1) is 0 Å². The summed E-state index contributed by atoms with van der Waals surface area (Å²) in [5.41, 5.74) is 1.60. The number of Topliss-reactive ketones (excluding diaryl/α,β-unsaturated/α-hetero) is 1. The lowest BCUT2D eigenvalue weighted by Gasteiger charge is -2.15. The van der Waals surface area contributed by atoms with Crippen molar-refractivity contribution in [3.05, 3.63) is 64.1 Å². The van der Waals surface area contributed by atoms with Crippen LogP contribution in [0.2, 0.25) is 0 Å². The average Bonchev–Trinajstić information content (AvgIpc) is 2.60. The van der Waals surface area contributed by atoms with E-state index in [0.29, 0.717) is 5.56 Å². The smallest absolute Gasteiger partial charge is 0.220 e. The molecule has 1 amide bonds. The van der Waals surface area contributed by atoms with Crippen molar-refractivity contribution in [1.29, 1.82) is 0 Å². The van der Waals surface area contributed by atoms with Gasteiger partial charge in [0.05, 0.1) is 17.6 Å². The first kappa shape index (κ1) is 18.2. The summed E-state index contributed by atoms with van der Waals surface area (Å²) in [7, 11) is 1.61. The van der Waals surface area contributed by atoms with Crippen molar-refractivity contribution >= 4 is 27.6 Å². The maximum atomic E-state index is 12.1. The zero-order valence-electron chi connectivity index (χ0n) is 13.7. The Morgan fingerprint density at radius 1 is 1.12 bits per heavy atom. The molecule has 0 aromatic heterocycles. The molecule has 0 saturated carbocycles. The van der Waals surface area contributed by atoms with E-state index in [1.54, 1.807) is 19.2 Å². The minimum atomic E-state index is -0.147. The van der Waals surface area contributed by atoms with Crippen LogP contribution in [0.3, 0.4) is 0 Å². The third-order valence-electron chi connectivity index (χ3n) is 3.73. The van der Waals surface area contributed by atoms with Crippen molar-refractivity contribution in [3.8, 4) is 5.75 Å². The Bertz CT molecular complexity index is 716. The molecule has 0 radical (unpaired) electrons. The van der Waals surface area contributed by atoms with Gasteiger partial charge in [0.15, 0.2) is 5.78 Å². The molecular weight excluding hydrogens is 370 g/mol. The van der Waals surface area contributed by atoms with Crippen molar-refractivity contribution in [1.82, 2.24) is 5.32 Å². The summed E-state index contributed by atoms with van der Waals surface area (Å²) in [6.07, 6.45) is 0.379. The SMILES string of the molecule is COc1ccc([C@@H](C)NC(=O)CCC(=O)c2ccccc2)cc1Br. The Morgan fingerprint density at radius 2 is 1.83 bits per heavy atom. The summed E-state index contributed by atoms with van der Waals surface area (Å²) in [5, 5.41) is 2.91. The molecule has 0 saturated heterocycles. The van der Waals surface area contributed by atoms with Crippen LogP contribution >= 0.6 is 15.9 Å². The van der Waals surface area contributed by atoms with Gasteiger partial charge in [0.1, 0.15) is 5.75 Å². The first-order valence-corrected chi connectivity index (χ1v) is 8.51. The molecule has 0 fully saturated rings. The molecule has 1 N–H and O–H groups in total. The monoisotopic (exact) mass is 389 g/mol. The number of hydrogen-bond acceptors (Lipinski definition) is 3. The van der Waals surface area contributed by atoms with E-state index in [-0.39, 0.29) is 30.6 Å². The topological polar surface area (TPSA) is 55.4 Å². The van der Waals surface area contributed by atoms with Crippen molar-refractivity contribution in [2.24, 2.45) is 0 Å². The maximum Gasteiger partial charge on any atom is 0.220 e. The second kappa shape index (κ2) is 8.64. The van der Waals surface area contributed by atoms with Crippen molar-refractivity contribution in [2.45, 2.75) is 25.8 Å². The van der Waals surface area contributed by atoms with Gasteiger partial charge in [-0.15, -0.1) is 0 Å². The Hall–Kier alpha value is -2.14. The molecule has 2 rings (SSSR count). The largest absolute Gasteiger partial charge is 0.496 e. The molecule has 0 aliphatic carbocycles. The lowest BCUT2D eigenvalue weighted by Crippen LogP contribution is -2.27. The first-order chi connectivity index (χ1) is 11.5. The number of carbonyl (C=O) groups is 2. The molecule has 2 aromatic carbocycles. The number of amides is 1. The van der Waals surface area contributed by atoms with Crippen LogP contribution in [0.4, 0.5) is 0 Å². The molecule has 2 aromatic rings. The molecule has 0 aliphatic heterocycles. The number of nitrogens with one attached hydrogen (secondary N) is 1. The van der Waals surface area contributed by atoms with E-state index >= 15 is 0 Å². The van der Waals surface area contributed by atoms with E-state index in [2.05, 4.69) is 21.2 Å². The molecule has 0 aliphatic rings. The number of ketones is 1. The standard InChI is InChI=1S/C19H20BrNO3/c1-13(15-8-10-18(24-2)16(20)12-15)21-19(23)11-9-17(22)14-6-4-3-5-7-14/h3-8,10,12-13H,9,11H2,1-2H3,(H,21,23)/t13-/m1/s1. The highest BCUT2D eigenvalue weighted by atomic mass is 79.9. The fourth-order valence-electron chi connectivity index (χ4n) is 2.34. The van der Waals surface area contributed by atoms with Gasteiger partial charge in [0.25, 0.3) is 0 Å². The van der Waals surface area contributed by atoms with Crippen LogP contribution in [0.15, 0.2) is 53.0 Å². The Kier molecular flexibility index (Phi) is 6.55. The number of methoxy groups -OCH3 is 1. The van der Waals surface area contributed by atoms with E-state index in [0.717, 1.165) is 15.8 Å². The highest BCUT2D eigenvalue weighted by molar-refractivity contribution is 9.10. The van der Waals surface area contributed by atoms with Crippen molar-refractivity contribution in [2.75, 3.05) is 7.11 Å². The highest BCUT2D eigenvalue weighted by Gasteiger charge is 2.13. The van der Waals surface area contributed by atoms with Crippen molar-refractivity contribution < 1.29 is 14.3 Å². The number of carbonyl (C=O) groups excluding carboxylic acids is 2. The van der Waals surface area contributed by atoms with E-state index < -0.39 is 0 Å². The van der Waals surface area contributed by atoms with E-state index in [4.69, 9.17) is 4.74 Å². The quantitative estimate of drug-likeness (QED) is 0.718. The third-order valence-corrected chi connectivity index (χ3v) is 4.35. The fourth-order valence-corrected chi connectivity index (χ4v) is 2.90.